The van der Waals surface area contributed by atoms with Crippen LogP contribution in [0.15, 0.2) is 18.2 Å². The van der Waals surface area contributed by atoms with Crippen LogP contribution in [0.25, 0.3) is 11.0 Å². The van der Waals surface area contributed by atoms with Gasteiger partial charge >= 0.3 is 0 Å². The van der Waals surface area contributed by atoms with Gasteiger partial charge < -0.3 is 15.6 Å². The topological polar surface area (TPSA) is 85.0 Å². The predicted octanol–water partition coefficient (Wildman–Crippen LogP) is 0.321. The van der Waals surface area contributed by atoms with E-state index < -0.39 is 0 Å². The first-order valence-electron chi connectivity index (χ1n) is 4.62. The highest BCUT2D eigenvalue weighted by Crippen LogP contribution is 2.15. The van der Waals surface area contributed by atoms with Crippen molar-refractivity contribution in [2.45, 2.75) is 0 Å². The number of fused-ring (bicyclic) bond motifs is 1. The zero-order valence-electron chi connectivity index (χ0n) is 8.22. The number of rotatable bonds is 3. The van der Waals surface area contributed by atoms with Crippen molar-refractivity contribution < 1.29 is 9.95 Å². The van der Waals surface area contributed by atoms with E-state index in [9.17, 15) is 5.21 Å². The number of nitrogens with zero attached hydrogens (tertiary/aromatic N) is 3. The van der Waals surface area contributed by atoms with E-state index in [0.29, 0.717) is 20.9 Å². The van der Waals surface area contributed by atoms with E-state index in [1.165, 1.54) is 0 Å². The monoisotopic (exact) mass is 240 g/mol. The number of nitrogens with one attached hydrogen (secondary N) is 1. The summed E-state index contributed by atoms with van der Waals surface area (Å²) in [5.74, 6) is 0.166. The molecule has 1 heterocycles. The van der Waals surface area contributed by atoms with Gasteiger partial charge in [0, 0.05) is 17.6 Å². The van der Waals surface area contributed by atoms with Crippen LogP contribution in [-0.2, 0) is 0 Å². The Hall–Kier alpha value is -1.66. The Morgan fingerprint density at radius 3 is 3.06 bits per heavy atom. The molecule has 2 aromatic rings. The highest BCUT2D eigenvalue weighted by molar-refractivity contribution is 6.31. The Morgan fingerprint density at radius 2 is 2.31 bits per heavy atom. The number of hydrogen-bond donors (Lipinski definition) is 2. The summed E-state index contributed by atoms with van der Waals surface area (Å²) in [4.78, 5) is 4.57. The summed E-state index contributed by atoms with van der Waals surface area (Å²) in [7, 11) is 0. The summed E-state index contributed by atoms with van der Waals surface area (Å²) in [6, 6.07) is 4.74. The lowest BCUT2D eigenvalue weighted by atomic mass is 10.3. The molecule has 16 heavy (non-hydrogen) atoms. The van der Waals surface area contributed by atoms with Crippen LogP contribution in [0.5, 0.6) is 0 Å². The van der Waals surface area contributed by atoms with Crippen LogP contribution in [0.1, 0.15) is 0 Å². The molecule has 2 rings (SSSR count). The van der Waals surface area contributed by atoms with Gasteiger partial charge in [0.05, 0.1) is 11.7 Å². The second-order valence-corrected chi connectivity index (χ2v) is 3.53. The Bertz CT molecular complexity index is 520. The first-order chi connectivity index (χ1) is 7.70. The molecule has 0 saturated heterocycles. The molecule has 1 aromatic heterocycles. The lowest BCUT2D eigenvalue weighted by Gasteiger charge is -2.03. The molecule has 7 heteroatoms. The summed E-state index contributed by atoms with van der Waals surface area (Å²) in [5.41, 5.74) is 0.803. The number of aromatic nitrogens is 3. The maximum atomic E-state index is 11.5. The molecule has 0 spiro atoms. The third-order valence-corrected chi connectivity index (χ3v) is 2.19. The average molecular weight is 241 g/mol. The van der Waals surface area contributed by atoms with Crippen LogP contribution in [-0.4, -0.2) is 28.3 Å². The fraction of sp³-hybridized carbons (Fsp3) is 0.222. The van der Waals surface area contributed by atoms with E-state index in [2.05, 4.69) is 15.4 Å². The van der Waals surface area contributed by atoms with Gasteiger partial charge in [-0.3, -0.25) is 0 Å². The van der Waals surface area contributed by atoms with Gasteiger partial charge in [0.2, 0.25) is 0 Å². The number of benzene rings is 1. The molecule has 2 N–H and O–H groups in total. The molecule has 0 unspecified atom stereocenters. The molecule has 0 aliphatic rings. The Balaban J connectivity index is 2.47. The summed E-state index contributed by atoms with van der Waals surface area (Å²) >= 11 is 5.80. The van der Waals surface area contributed by atoms with Crippen LogP contribution in [0.4, 0.5) is 5.95 Å². The molecule has 0 radical (unpaired) electrons. The molecular formula is C9H9ClN4O2. The molecule has 0 atom stereocenters. The minimum absolute atomic E-state index is 0.0597. The summed E-state index contributed by atoms with van der Waals surface area (Å²) in [6.07, 6.45) is 0. The highest BCUT2D eigenvalue weighted by atomic mass is 35.5. The molecule has 84 valence electrons. The van der Waals surface area contributed by atoms with Crippen LogP contribution < -0.4 is 10.2 Å². The normalized spacial score (nSPS) is 10.6. The first kappa shape index (κ1) is 10.8. The second-order valence-electron chi connectivity index (χ2n) is 3.09. The quantitative estimate of drug-likeness (QED) is 0.596. The van der Waals surface area contributed by atoms with E-state index in [1.54, 1.807) is 18.2 Å². The largest absolute Gasteiger partial charge is 0.594 e. The highest BCUT2D eigenvalue weighted by Gasteiger charge is 2.10. The zero-order chi connectivity index (χ0) is 11.5. The lowest BCUT2D eigenvalue weighted by Crippen LogP contribution is -2.33. The summed E-state index contributed by atoms with van der Waals surface area (Å²) < 4.78 is 0. The van der Waals surface area contributed by atoms with Gasteiger partial charge in [-0.1, -0.05) is 11.6 Å². The predicted molar refractivity (Wildman–Crippen MR) is 59.1 cm³/mol. The smallest absolute Gasteiger partial charge is 0.290 e. The maximum Gasteiger partial charge on any atom is 0.290 e. The lowest BCUT2D eigenvalue weighted by molar-refractivity contribution is -0.641. The van der Waals surface area contributed by atoms with Gasteiger partial charge in [-0.15, -0.1) is 0 Å². The van der Waals surface area contributed by atoms with E-state index in [1.807, 2.05) is 0 Å². The van der Waals surface area contributed by atoms with Gasteiger partial charge in [0.25, 0.3) is 11.5 Å². The van der Waals surface area contributed by atoms with Crippen LogP contribution in [0, 0.1) is 5.21 Å². The van der Waals surface area contributed by atoms with Crippen molar-refractivity contribution in [2.24, 2.45) is 0 Å². The molecule has 6 nitrogen and oxygen atoms in total. The number of aliphatic hydroxyl groups excluding tert-OH is 1. The van der Waals surface area contributed by atoms with Crippen LogP contribution in [0.2, 0.25) is 5.02 Å². The summed E-state index contributed by atoms with van der Waals surface area (Å²) in [5, 5.41) is 27.0. The van der Waals surface area contributed by atoms with Crippen molar-refractivity contribution in [1.29, 1.82) is 0 Å². The van der Waals surface area contributed by atoms with Crippen molar-refractivity contribution in [3.63, 3.8) is 0 Å². The molecule has 0 amide bonds. The van der Waals surface area contributed by atoms with Gasteiger partial charge in [0.1, 0.15) is 5.52 Å². The van der Waals surface area contributed by atoms with Gasteiger partial charge in [-0.25, -0.2) is 4.98 Å². The molecule has 1 aromatic carbocycles. The fourth-order valence-corrected chi connectivity index (χ4v) is 1.43. The number of halogens is 1. The van der Waals surface area contributed by atoms with Crippen LogP contribution in [0.3, 0.4) is 0 Å². The molecule has 0 aliphatic carbocycles. The van der Waals surface area contributed by atoms with Crippen molar-refractivity contribution in [3.05, 3.63) is 28.4 Å². The molecule has 0 aliphatic heterocycles. The van der Waals surface area contributed by atoms with Crippen LogP contribution >= 0.6 is 11.6 Å². The second kappa shape index (κ2) is 4.46. The Kier molecular flexibility index (Phi) is 3.02. The molecule has 0 fully saturated rings. The van der Waals surface area contributed by atoms with Gasteiger partial charge in [-0.05, 0) is 17.0 Å². The molecular weight excluding hydrogens is 232 g/mol. The zero-order valence-corrected chi connectivity index (χ0v) is 8.98. The van der Waals surface area contributed by atoms with E-state index in [-0.39, 0.29) is 19.1 Å². The minimum atomic E-state index is -0.0597. The molecule has 0 bridgehead atoms. The Labute approximate surface area is 96.1 Å². The third kappa shape index (κ3) is 2.12. The van der Waals surface area contributed by atoms with Crippen molar-refractivity contribution in [3.8, 4) is 0 Å². The number of anilines is 1. The maximum absolute atomic E-state index is 11.5. The first-order valence-corrected chi connectivity index (χ1v) is 5.00. The minimum Gasteiger partial charge on any atom is -0.594 e. The van der Waals surface area contributed by atoms with Crippen molar-refractivity contribution in [1.82, 2.24) is 10.1 Å². The van der Waals surface area contributed by atoms with E-state index in [0.717, 1.165) is 0 Å². The average Bonchev–Trinajstić information content (AvgIpc) is 2.25. The molecule has 0 saturated carbocycles. The third-order valence-electron chi connectivity index (χ3n) is 1.95. The Morgan fingerprint density at radius 1 is 1.50 bits per heavy atom. The SMILES string of the molecule is [O-][n+]1nc(NCCO)nc2cc(Cl)ccc21. The van der Waals surface area contributed by atoms with E-state index in [4.69, 9.17) is 16.7 Å². The van der Waals surface area contributed by atoms with E-state index >= 15 is 0 Å². The van der Waals surface area contributed by atoms with Crippen molar-refractivity contribution in [2.75, 3.05) is 18.5 Å². The van der Waals surface area contributed by atoms with Gasteiger partial charge in [-0.2, -0.15) is 0 Å². The number of aliphatic hydroxyl groups is 1. The summed E-state index contributed by atoms with van der Waals surface area (Å²) in [6.45, 7) is 0.224. The number of hydrogen-bond acceptors (Lipinski definition) is 5. The van der Waals surface area contributed by atoms with Gasteiger partial charge in [0.15, 0.2) is 0 Å². The standard InChI is InChI=1S/C9H9ClN4O2/c10-6-1-2-8-7(5-6)12-9(11-3-4-15)13-14(8)16/h1-2,5,15H,3-4H2,(H,11,12,13). The van der Waals surface area contributed by atoms with Crippen molar-refractivity contribution >= 4 is 28.6 Å². The fourth-order valence-electron chi connectivity index (χ4n) is 1.27.